The van der Waals surface area contributed by atoms with E-state index in [4.69, 9.17) is 5.73 Å². The number of carbonyl (C=O) groups excluding carboxylic acids is 1. The fourth-order valence-electron chi connectivity index (χ4n) is 1.45. The summed E-state index contributed by atoms with van der Waals surface area (Å²) in [6.45, 7) is 2.54. The highest BCUT2D eigenvalue weighted by molar-refractivity contribution is 5.94. The maximum absolute atomic E-state index is 12.7. The van der Waals surface area contributed by atoms with Crippen molar-refractivity contribution in [3.8, 4) is 0 Å². The van der Waals surface area contributed by atoms with Crippen LogP contribution >= 0.6 is 0 Å². The van der Waals surface area contributed by atoms with Crippen molar-refractivity contribution >= 4 is 5.91 Å². The fourth-order valence-corrected chi connectivity index (χ4v) is 1.45. The molecule has 0 saturated heterocycles. The standard InChI is InChI=1S/C12H17FN2O/c1-2-11(7-8-14)15-12(16)9-3-5-10(13)6-4-9/h3-6,11H,2,7-8,14H2,1H3,(H,15,16). The molecule has 0 fully saturated rings. The second-order valence-corrected chi connectivity index (χ2v) is 3.66. The van der Waals surface area contributed by atoms with Crippen LogP contribution in [0.15, 0.2) is 24.3 Å². The highest BCUT2D eigenvalue weighted by Gasteiger charge is 2.11. The Morgan fingerprint density at radius 1 is 1.44 bits per heavy atom. The molecule has 3 N–H and O–H groups in total. The van der Waals surface area contributed by atoms with Crippen LogP contribution in [0.2, 0.25) is 0 Å². The first kappa shape index (κ1) is 12.6. The van der Waals surface area contributed by atoms with Crippen LogP contribution in [0.5, 0.6) is 0 Å². The van der Waals surface area contributed by atoms with Gasteiger partial charge in [0.05, 0.1) is 0 Å². The molecular weight excluding hydrogens is 207 g/mol. The molecule has 0 aliphatic carbocycles. The molecule has 0 saturated carbocycles. The molecule has 1 rings (SSSR count). The summed E-state index contributed by atoms with van der Waals surface area (Å²) in [7, 11) is 0. The van der Waals surface area contributed by atoms with Gasteiger partial charge in [-0.1, -0.05) is 6.92 Å². The van der Waals surface area contributed by atoms with Gasteiger partial charge >= 0.3 is 0 Å². The van der Waals surface area contributed by atoms with Gasteiger partial charge < -0.3 is 11.1 Å². The van der Waals surface area contributed by atoms with Gasteiger partial charge in [-0.05, 0) is 43.7 Å². The lowest BCUT2D eigenvalue weighted by atomic mass is 10.1. The Kier molecular flexibility index (Phi) is 4.92. The van der Waals surface area contributed by atoms with Crippen LogP contribution < -0.4 is 11.1 Å². The molecule has 3 nitrogen and oxygen atoms in total. The smallest absolute Gasteiger partial charge is 0.251 e. The van der Waals surface area contributed by atoms with E-state index in [2.05, 4.69) is 5.32 Å². The summed E-state index contributed by atoms with van der Waals surface area (Å²) in [6.07, 6.45) is 1.59. The van der Waals surface area contributed by atoms with E-state index in [1.807, 2.05) is 6.92 Å². The third-order valence-electron chi connectivity index (χ3n) is 2.45. The molecular formula is C12H17FN2O. The third kappa shape index (κ3) is 3.62. The molecule has 0 spiro atoms. The predicted molar refractivity (Wildman–Crippen MR) is 61.6 cm³/mol. The number of nitrogens with one attached hydrogen (secondary N) is 1. The molecule has 1 aromatic carbocycles. The van der Waals surface area contributed by atoms with Gasteiger partial charge in [-0.15, -0.1) is 0 Å². The number of amides is 1. The molecule has 0 aliphatic rings. The lowest BCUT2D eigenvalue weighted by molar-refractivity contribution is 0.0934. The van der Waals surface area contributed by atoms with Crippen LogP contribution in [-0.4, -0.2) is 18.5 Å². The van der Waals surface area contributed by atoms with E-state index in [9.17, 15) is 9.18 Å². The van der Waals surface area contributed by atoms with E-state index in [1.54, 1.807) is 0 Å². The number of rotatable bonds is 5. The molecule has 0 heterocycles. The molecule has 0 bridgehead atoms. The van der Waals surface area contributed by atoms with Crippen molar-refractivity contribution in [1.82, 2.24) is 5.32 Å². The third-order valence-corrected chi connectivity index (χ3v) is 2.45. The fraction of sp³-hybridized carbons (Fsp3) is 0.417. The maximum atomic E-state index is 12.7. The molecule has 88 valence electrons. The van der Waals surface area contributed by atoms with E-state index in [1.165, 1.54) is 24.3 Å². The van der Waals surface area contributed by atoms with E-state index in [-0.39, 0.29) is 17.8 Å². The molecule has 4 heteroatoms. The van der Waals surface area contributed by atoms with Crippen molar-refractivity contribution in [2.75, 3.05) is 6.54 Å². The van der Waals surface area contributed by atoms with Crippen molar-refractivity contribution in [2.45, 2.75) is 25.8 Å². The van der Waals surface area contributed by atoms with Crippen LogP contribution in [-0.2, 0) is 0 Å². The number of hydrogen-bond donors (Lipinski definition) is 2. The number of halogens is 1. The number of carbonyl (C=O) groups is 1. The average molecular weight is 224 g/mol. The largest absolute Gasteiger partial charge is 0.349 e. The molecule has 0 aromatic heterocycles. The van der Waals surface area contributed by atoms with Crippen LogP contribution in [0.4, 0.5) is 4.39 Å². The summed E-state index contributed by atoms with van der Waals surface area (Å²) in [4.78, 5) is 11.7. The van der Waals surface area contributed by atoms with E-state index < -0.39 is 0 Å². The van der Waals surface area contributed by atoms with Gasteiger partial charge in [-0.2, -0.15) is 0 Å². The van der Waals surface area contributed by atoms with E-state index in [0.29, 0.717) is 12.1 Å². The lowest BCUT2D eigenvalue weighted by Crippen LogP contribution is -2.35. The number of nitrogens with two attached hydrogens (primary N) is 1. The van der Waals surface area contributed by atoms with Crippen LogP contribution in [0.3, 0.4) is 0 Å². The number of hydrogen-bond acceptors (Lipinski definition) is 2. The molecule has 1 aromatic rings. The Hall–Kier alpha value is -1.42. The van der Waals surface area contributed by atoms with E-state index >= 15 is 0 Å². The van der Waals surface area contributed by atoms with Gasteiger partial charge in [0, 0.05) is 11.6 Å². The Morgan fingerprint density at radius 2 is 2.06 bits per heavy atom. The molecule has 16 heavy (non-hydrogen) atoms. The molecule has 1 atom stereocenters. The van der Waals surface area contributed by atoms with Crippen molar-refractivity contribution in [3.63, 3.8) is 0 Å². The maximum Gasteiger partial charge on any atom is 0.251 e. The Balaban J connectivity index is 2.60. The van der Waals surface area contributed by atoms with Crippen LogP contribution in [0.25, 0.3) is 0 Å². The zero-order valence-electron chi connectivity index (χ0n) is 9.37. The van der Waals surface area contributed by atoms with Gasteiger partial charge in [0.15, 0.2) is 0 Å². The highest BCUT2D eigenvalue weighted by Crippen LogP contribution is 2.04. The summed E-state index contributed by atoms with van der Waals surface area (Å²) >= 11 is 0. The zero-order chi connectivity index (χ0) is 12.0. The molecule has 0 aliphatic heterocycles. The molecule has 1 amide bonds. The Labute approximate surface area is 94.8 Å². The monoisotopic (exact) mass is 224 g/mol. The highest BCUT2D eigenvalue weighted by atomic mass is 19.1. The van der Waals surface area contributed by atoms with Crippen molar-refractivity contribution < 1.29 is 9.18 Å². The topological polar surface area (TPSA) is 55.1 Å². The first-order valence-electron chi connectivity index (χ1n) is 5.44. The van der Waals surface area contributed by atoms with Gasteiger partial charge in [-0.3, -0.25) is 4.79 Å². The van der Waals surface area contributed by atoms with Gasteiger partial charge in [0.2, 0.25) is 0 Å². The first-order valence-corrected chi connectivity index (χ1v) is 5.44. The normalized spacial score (nSPS) is 12.2. The van der Waals surface area contributed by atoms with Gasteiger partial charge in [-0.25, -0.2) is 4.39 Å². The van der Waals surface area contributed by atoms with Gasteiger partial charge in [0.25, 0.3) is 5.91 Å². The molecule has 0 radical (unpaired) electrons. The van der Waals surface area contributed by atoms with Crippen molar-refractivity contribution in [3.05, 3.63) is 35.6 Å². The Morgan fingerprint density at radius 3 is 2.56 bits per heavy atom. The van der Waals surface area contributed by atoms with E-state index in [0.717, 1.165) is 12.8 Å². The second kappa shape index (κ2) is 6.23. The minimum Gasteiger partial charge on any atom is -0.349 e. The quantitative estimate of drug-likeness (QED) is 0.799. The van der Waals surface area contributed by atoms with Crippen LogP contribution in [0, 0.1) is 5.82 Å². The van der Waals surface area contributed by atoms with Crippen molar-refractivity contribution in [2.24, 2.45) is 5.73 Å². The lowest BCUT2D eigenvalue weighted by Gasteiger charge is -2.15. The Bertz CT molecular complexity index is 337. The summed E-state index contributed by atoms with van der Waals surface area (Å²) in [5.41, 5.74) is 5.91. The second-order valence-electron chi connectivity index (χ2n) is 3.66. The summed E-state index contributed by atoms with van der Waals surface area (Å²) in [5.74, 6) is -0.522. The zero-order valence-corrected chi connectivity index (χ0v) is 9.37. The summed E-state index contributed by atoms with van der Waals surface area (Å²) < 4.78 is 12.7. The minimum absolute atomic E-state index is 0.0857. The SMILES string of the molecule is CCC(CCN)NC(=O)c1ccc(F)cc1. The van der Waals surface area contributed by atoms with Crippen LogP contribution in [0.1, 0.15) is 30.1 Å². The van der Waals surface area contributed by atoms with Gasteiger partial charge in [0.1, 0.15) is 5.82 Å². The number of benzene rings is 1. The van der Waals surface area contributed by atoms with Crippen molar-refractivity contribution in [1.29, 1.82) is 0 Å². The minimum atomic E-state index is -0.342. The molecule has 1 unspecified atom stereocenters. The summed E-state index contributed by atoms with van der Waals surface area (Å²) in [5, 5.41) is 2.86. The summed E-state index contributed by atoms with van der Waals surface area (Å²) in [6, 6.07) is 5.58. The average Bonchev–Trinajstić information content (AvgIpc) is 2.29. The predicted octanol–water partition coefficient (Wildman–Crippen LogP) is 1.68. The first-order chi connectivity index (χ1) is 7.67.